The molecule has 0 unspecified atom stereocenters. The van der Waals surface area contributed by atoms with Crippen molar-refractivity contribution in [1.29, 1.82) is 0 Å². The third-order valence-corrected chi connectivity index (χ3v) is 8.42. The maximum absolute atomic E-state index is 13.2. The Balaban J connectivity index is 0.000000915. The van der Waals surface area contributed by atoms with Gasteiger partial charge in [-0.3, -0.25) is 19.3 Å². The summed E-state index contributed by atoms with van der Waals surface area (Å²) in [6, 6.07) is 16.2. The van der Waals surface area contributed by atoms with Crippen LogP contribution in [0.1, 0.15) is 33.6 Å². The summed E-state index contributed by atoms with van der Waals surface area (Å²) in [7, 11) is 0. The molecule has 0 atom stereocenters. The number of imide groups is 1. The summed E-state index contributed by atoms with van der Waals surface area (Å²) in [5, 5.41) is 23.6. The summed E-state index contributed by atoms with van der Waals surface area (Å²) in [6.45, 7) is 3.93. The van der Waals surface area contributed by atoms with Crippen LogP contribution in [0.15, 0.2) is 71.2 Å². The number of aromatic carboxylic acids is 1. The molecule has 2 aromatic carbocycles. The van der Waals surface area contributed by atoms with Crippen LogP contribution in [0.4, 0.5) is 14.9 Å². The highest BCUT2D eigenvalue weighted by Gasteiger charge is 2.26. The summed E-state index contributed by atoms with van der Waals surface area (Å²) in [4.78, 5) is 60.9. The van der Waals surface area contributed by atoms with Crippen molar-refractivity contribution in [3.05, 3.63) is 83.2 Å². The smallest absolute Gasteiger partial charge is 0.492 e. The van der Waals surface area contributed by atoms with E-state index in [0.717, 1.165) is 55.0 Å². The van der Waals surface area contributed by atoms with Gasteiger partial charge in [-0.1, -0.05) is 6.07 Å². The zero-order valence-corrected chi connectivity index (χ0v) is 25.0. The normalized spacial score (nSPS) is 15.3. The number of anilines is 1. The molecule has 12 nitrogen and oxygen atoms in total. The molecule has 0 bridgehead atoms. The van der Waals surface area contributed by atoms with Crippen LogP contribution >= 0.6 is 0 Å². The molecule has 0 saturated carbocycles. The monoisotopic (exact) mass is 640 g/mol. The largest absolute Gasteiger partial charge is 0.545 e. The lowest BCUT2D eigenvalue weighted by Gasteiger charge is -2.33. The lowest BCUT2D eigenvalue weighted by molar-refractivity contribution is -0.255. The summed E-state index contributed by atoms with van der Waals surface area (Å²) in [5.41, 5.74) is 3.50. The average molecular weight is 641 g/mol. The molecule has 0 radical (unpaired) electrons. The molecular weight excluding hydrogens is 611 g/mol. The second-order valence-corrected chi connectivity index (χ2v) is 11.2. The molecule has 7 rings (SSSR count). The van der Waals surface area contributed by atoms with Crippen molar-refractivity contribution in [2.24, 2.45) is 0 Å². The van der Waals surface area contributed by atoms with Crippen LogP contribution < -0.4 is 25.3 Å². The Bertz CT molecular complexity index is 2000. The fourth-order valence-electron chi connectivity index (χ4n) is 5.81. The number of carboxylic acid groups (broad SMARTS) is 2. The van der Waals surface area contributed by atoms with Crippen LogP contribution in [0.2, 0.25) is 0 Å². The Morgan fingerprint density at radius 3 is 2.28 bits per heavy atom. The number of nitrogens with one attached hydrogen (secondary N) is 1. The number of benzene rings is 3. The molecule has 4 heterocycles. The summed E-state index contributed by atoms with van der Waals surface area (Å²) in [6.07, 6.45) is 2.30. The minimum Gasteiger partial charge on any atom is -0.545 e. The number of fused-ring (bicyclic) bond motifs is 2. The van der Waals surface area contributed by atoms with Crippen molar-refractivity contribution >= 4 is 46.6 Å². The maximum atomic E-state index is 13.2. The van der Waals surface area contributed by atoms with Gasteiger partial charge in [0.15, 0.2) is 0 Å². The van der Waals surface area contributed by atoms with Crippen molar-refractivity contribution in [2.45, 2.75) is 12.8 Å². The Kier molecular flexibility index (Phi) is 8.53. The van der Waals surface area contributed by atoms with E-state index in [2.05, 4.69) is 14.8 Å². The van der Waals surface area contributed by atoms with Gasteiger partial charge in [0.1, 0.15) is 24.4 Å². The highest BCUT2D eigenvalue weighted by Crippen LogP contribution is 2.42. The van der Waals surface area contributed by atoms with Crippen LogP contribution in [-0.4, -0.2) is 79.2 Å². The minimum atomic E-state index is -2.33. The molecular formula is C34H29FN4O8. The number of carbonyl (C=O) groups excluding carboxylic acids is 4. The van der Waals surface area contributed by atoms with E-state index in [1.54, 1.807) is 6.07 Å². The summed E-state index contributed by atoms with van der Waals surface area (Å²) < 4.78 is 18.6. The Morgan fingerprint density at radius 1 is 0.936 bits per heavy atom. The predicted molar refractivity (Wildman–Crippen MR) is 166 cm³/mol. The van der Waals surface area contributed by atoms with E-state index >= 15 is 0 Å². The third-order valence-electron chi connectivity index (χ3n) is 8.42. The van der Waals surface area contributed by atoms with Gasteiger partial charge in [0.25, 0.3) is 17.7 Å². The molecule has 2 fully saturated rings. The topological polar surface area (TPSA) is 163 Å². The SMILES string of the molecule is O=C(NCCN1C(=O)C=CC1=O)c1ccc(C(=O)[O-])c(-c2c3ccc(=[N+]4CCC4)cc-3oc3cc(N4CCC4)ccc23)c1.O=C(O)F. The second-order valence-electron chi connectivity index (χ2n) is 11.2. The van der Waals surface area contributed by atoms with Crippen molar-refractivity contribution < 1.29 is 43.0 Å². The predicted octanol–water partition coefficient (Wildman–Crippen LogP) is 2.24. The fraction of sp³-hybridized carbons (Fsp3) is 0.235. The quantitative estimate of drug-likeness (QED) is 0.134. The lowest BCUT2D eigenvalue weighted by atomic mass is 9.89. The van der Waals surface area contributed by atoms with E-state index in [-0.39, 0.29) is 24.2 Å². The molecule has 0 aromatic heterocycles. The van der Waals surface area contributed by atoms with Crippen molar-refractivity contribution in [2.75, 3.05) is 44.2 Å². The van der Waals surface area contributed by atoms with Crippen molar-refractivity contribution in [3.63, 3.8) is 0 Å². The molecule has 3 amide bonds. The average Bonchev–Trinajstić information content (AvgIpc) is 3.29. The van der Waals surface area contributed by atoms with Crippen LogP contribution in [0.25, 0.3) is 33.4 Å². The van der Waals surface area contributed by atoms with Gasteiger partial charge >= 0.3 is 6.22 Å². The van der Waals surface area contributed by atoms with E-state index in [0.29, 0.717) is 33.4 Å². The van der Waals surface area contributed by atoms with Crippen molar-refractivity contribution in [3.8, 4) is 22.5 Å². The first-order valence-corrected chi connectivity index (χ1v) is 15.0. The highest BCUT2D eigenvalue weighted by atomic mass is 19.1. The zero-order chi connectivity index (χ0) is 33.2. The van der Waals surface area contributed by atoms with Crippen LogP contribution in [-0.2, 0) is 9.59 Å². The summed E-state index contributed by atoms with van der Waals surface area (Å²) in [5.74, 6) is -2.07. The Morgan fingerprint density at radius 2 is 1.66 bits per heavy atom. The van der Waals surface area contributed by atoms with E-state index in [1.165, 1.54) is 24.3 Å². The van der Waals surface area contributed by atoms with Gasteiger partial charge in [-0.25, -0.2) is 9.37 Å². The number of carbonyl (C=O) groups is 5. The molecule has 2 aromatic rings. The van der Waals surface area contributed by atoms with Gasteiger partial charge in [-0.2, -0.15) is 0 Å². The van der Waals surface area contributed by atoms with Gasteiger partial charge < -0.3 is 29.6 Å². The first-order chi connectivity index (χ1) is 22.6. The molecule has 2 N–H and O–H groups in total. The molecule has 5 aliphatic rings. The number of hydrogen-bond donors (Lipinski definition) is 2. The van der Waals surface area contributed by atoms with Gasteiger partial charge in [0, 0.05) is 83.8 Å². The maximum Gasteiger partial charge on any atom is 0.492 e. The first kappa shape index (κ1) is 31.1. The summed E-state index contributed by atoms with van der Waals surface area (Å²) >= 11 is 0. The van der Waals surface area contributed by atoms with E-state index in [9.17, 15) is 28.7 Å². The number of carboxylic acids is 1. The standard InChI is InChI=1S/C33H28N4O6.CHFO2/c38-29-9-10-30(39)37(29)16-11-34-32(40)20-3-6-23(33(41)42)26(17-20)31-24-7-4-21(35-12-1-13-35)18-27(24)43-28-19-22(5-8-25(28)31)36-14-2-15-36;2-1(3)4/h3-10,17-19H,1-2,11-16H2,(H-,34,40,41,42);(H,3,4). The van der Waals surface area contributed by atoms with Crippen LogP contribution in [0.3, 0.4) is 0 Å². The Hall–Kier alpha value is -5.85. The molecule has 47 heavy (non-hydrogen) atoms. The molecule has 13 heteroatoms. The lowest BCUT2D eigenvalue weighted by Crippen LogP contribution is -2.40. The van der Waals surface area contributed by atoms with E-state index in [1.807, 2.05) is 36.4 Å². The van der Waals surface area contributed by atoms with Gasteiger partial charge in [-0.15, -0.1) is 4.39 Å². The van der Waals surface area contributed by atoms with Crippen molar-refractivity contribution in [1.82, 2.24) is 14.8 Å². The number of nitrogens with zero attached hydrogens (tertiary/aromatic N) is 3. The molecule has 0 spiro atoms. The third kappa shape index (κ3) is 6.32. The number of rotatable bonds is 7. The molecule has 240 valence electrons. The highest BCUT2D eigenvalue weighted by molar-refractivity contribution is 6.13. The number of amides is 3. The van der Waals surface area contributed by atoms with E-state index < -0.39 is 29.9 Å². The minimum absolute atomic E-state index is 0.0224. The van der Waals surface area contributed by atoms with Crippen LogP contribution in [0.5, 0.6) is 0 Å². The van der Waals surface area contributed by atoms with E-state index in [4.69, 9.17) is 14.3 Å². The van der Waals surface area contributed by atoms with Gasteiger partial charge in [0.05, 0.1) is 18.5 Å². The molecule has 2 saturated heterocycles. The number of hydrogen-bond acceptors (Lipinski definition) is 8. The number of halogens is 1. The Labute approximate surface area is 267 Å². The van der Waals surface area contributed by atoms with Crippen LogP contribution in [0, 0.1) is 0 Å². The first-order valence-electron chi connectivity index (χ1n) is 15.0. The second kappa shape index (κ2) is 12.9. The van der Waals surface area contributed by atoms with Gasteiger partial charge in [-0.05, 0) is 42.3 Å². The fourth-order valence-corrected chi connectivity index (χ4v) is 5.81. The molecule has 4 aliphatic heterocycles. The zero-order valence-electron chi connectivity index (χ0n) is 25.0. The molecule has 1 aliphatic carbocycles. The van der Waals surface area contributed by atoms with Gasteiger partial charge in [0.2, 0.25) is 5.36 Å².